The minimum absolute atomic E-state index is 0.574. The molecule has 0 aliphatic carbocycles. The van der Waals surface area contributed by atoms with E-state index in [1.54, 1.807) is 18.4 Å². The van der Waals surface area contributed by atoms with E-state index < -0.39 is 0 Å². The summed E-state index contributed by atoms with van der Waals surface area (Å²) in [5, 5.41) is 2.03. The number of nitrogens with zero attached hydrogens (tertiary/aromatic N) is 1. The van der Waals surface area contributed by atoms with Crippen molar-refractivity contribution < 1.29 is 4.74 Å². The van der Waals surface area contributed by atoms with E-state index in [0.29, 0.717) is 5.92 Å². The summed E-state index contributed by atoms with van der Waals surface area (Å²) in [6.45, 7) is 5.11. The van der Waals surface area contributed by atoms with Crippen LogP contribution in [0.15, 0.2) is 22.5 Å². The van der Waals surface area contributed by atoms with Gasteiger partial charge in [0.2, 0.25) is 5.90 Å². The van der Waals surface area contributed by atoms with Crippen molar-refractivity contribution in [2.75, 3.05) is 13.7 Å². The molecule has 2 nitrogen and oxygen atoms in total. The molecule has 3 heteroatoms. The van der Waals surface area contributed by atoms with Gasteiger partial charge in [-0.25, -0.2) is 0 Å². The Kier molecular flexibility index (Phi) is 3.96. The third-order valence-corrected chi connectivity index (χ3v) is 2.38. The first-order valence-corrected chi connectivity index (χ1v) is 5.24. The SMILES string of the molecule is COC(=NCC(C)C)c1cccs1. The Morgan fingerprint density at radius 1 is 1.62 bits per heavy atom. The lowest BCUT2D eigenvalue weighted by atomic mass is 10.2. The van der Waals surface area contributed by atoms with Gasteiger partial charge in [0.25, 0.3) is 0 Å². The molecule has 0 aromatic carbocycles. The van der Waals surface area contributed by atoms with Gasteiger partial charge in [-0.1, -0.05) is 19.9 Å². The number of methoxy groups -OCH3 is 1. The maximum absolute atomic E-state index is 5.21. The van der Waals surface area contributed by atoms with Gasteiger partial charge in [-0.3, -0.25) is 4.99 Å². The van der Waals surface area contributed by atoms with Crippen LogP contribution in [-0.4, -0.2) is 19.6 Å². The lowest BCUT2D eigenvalue weighted by Gasteiger charge is -2.03. The van der Waals surface area contributed by atoms with E-state index in [4.69, 9.17) is 4.74 Å². The van der Waals surface area contributed by atoms with Crippen LogP contribution in [0.3, 0.4) is 0 Å². The summed E-state index contributed by atoms with van der Waals surface area (Å²) >= 11 is 1.65. The number of rotatable bonds is 3. The van der Waals surface area contributed by atoms with Crippen molar-refractivity contribution in [3.63, 3.8) is 0 Å². The number of ether oxygens (including phenoxy) is 1. The summed E-state index contributed by atoms with van der Waals surface area (Å²) in [5.41, 5.74) is 0. The second-order valence-corrected chi connectivity index (χ2v) is 4.17. The van der Waals surface area contributed by atoms with Crippen molar-refractivity contribution in [3.05, 3.63) is 22.4 Å². The molecule has 1 aromatic rings. The lowest BCUT2D eigenvalue weighted by molar-refractivity contribution is 0.401. The highest BCUT2D eigenvalue weighted by Gasteiger charge is 2.03. The van der Waals surface area contributed by atoms with Crippen LogP contribution >= 0.6 is 11.3 Å². The molecule has 0 N–H and O–H groups in total. The topological polar surface area (TPSA) is 21.6 Å². The summed E-state index contributed by atoms with van der Waals surface area (Å²) in [6, 6.07) is 4.03. The van der Waals surface area contributed by atoms with Crippen molar-refractivity contribution in [1.29, 1.82) is 0 Å². The van der Waals surface area contributed by atoms with E-state index in [0.717, 1.165) is 17.3 Å². The molecular formula is C10H15NOS. The first kappa shape index (κ1) is 10.3. The zero-order valence-corrected chi connectivity index (χ0v) is 9.10. The summed E-state index contributed by atoms with van der Waals surface area (Å²) in [5.74, 6) is 1.33. The first-order valence-electron chi connectivity index (χ1n) is 4.36. The fourth-order valence-electron chi connectivity index (χ4n) is 0.909. The molecular weight excluding hydrogens is 182 g/mol. The van der Waals surface area contributed by atoms with Gasteiger partial charge < -0.3 is 4.74 Å². The molecule has 0 spiro atoms. The Morgan fingerprint density at radius 3 is 2.85 bits per heavy atom. The van der Waals surface area contributed by atoms with Crippen molar-refractivity contribution in [2.24, 2.45) is 10.9 Å². The lowest BCUT2D eigenvalue weighted by Crippen LogP contribution is -2.04. The van der Waals surface area contributed by atoms with Gasteiger partial charge in [0.05, 0.1) is 12.0 Å². The molecule has 0 aliphatic rings. The quantitative estimate of drug-likeness (QED) is 0.539. The third kappa shape index (κ3) is 3.19. The Labute approximate surface area is 83.3 Å². The van der Waals surface area contributed by atoms with E-state index in [1.165, 1.54) is 0 Å². The zero-order chi connectivity index (χ0) is 9.68. The van der Waals surface area contributed by atoms with Crippen LogP contribution in [0.4, 0.5) is 0 Å². The molecule has 1 rings (SSSR count). The molecule has 0 radical (unpaired) electrons. The molecule has 1 aromatic heterocycles. The van der Waals surface area contributed by atoms with Crippen LogP contribution in [-0.2, 0) is 4.74 Å². The van der Waals surface area contributed by atoms with Crippen molar-refractivity contribution in [2.45, 2.75) is 13.8 Å². The fourth-order valence-corrected chi connectivity index (χ4v) is 1.62. The highest BCUT2D eigenvalue weighted by molar-refractivity contribution is 7.12. The van der Waals surface area contributed by atoms with Gasteiger partial charge in [-0.15, -0.1) is 11.3 Å². The molecule has 0 unspecified atom stereocenters. The molecule has 0 saturated carbocycles. The second kappa shape index (κ2) is 5.02. The third-order valence-electron chi connectivity index (χ3n) is 1.53. The predicted octanol–water partition coefficient (Wildman–Crippen LogP) is 2.80. The van der Waals surface area contributed by atoms with Crippen LogP contribution in [0, 0.1) is 5.92 Å². The van der Waals surface area contributed by atoms with Gasteiger partial charge in [0.1, 0.15) is 0 Å². The first-order chi connectivity index (χ1) is 6.24. The molecule has 0 aliphatic heterocycles. The van der Waals surface area contributed by atoms with E-state index in [-0.39, 0.29) is 0 Å². The summed E-state index contributed by atoms with van der Waals surface area (Å²) < 4.78 is 5.21. The average Bonchev–Trinajstić information content (AvgIpc) is 2.58. The number of thiophene rings is 1. The highest BCUT2D eigenvalue weighted by atomic mass is 32.1. The van der Waals surface area contributed by atoms with E-state index in [1.807, 2.05) is 17.5 Å². The van der Waals surface area contributed by atoms with Crippen LogP contribution < -0.4 is 0 Å². The molecule has 0 amide bonds. The monoisotopic (exact) mass is 197 g/mol. The van der Waals surface area contributed by atoms with Crippen LogP contribution in [0.25, 0.3) is 0 Å². The molecule has 13 heavy (non-hydrogen) atoms. The molecule has 0 fully saturated rings. The van der Waals surface area contributed by atoms with E-state index in [2.05, 4.69) is 18.8 Å². The number of hydrogen-bond donors (Lipinski definition) is 0. The largest absolute Gasteiger partial charge is 0.480 e. The van der Waals surface area contributed by atoms with Gasteiger partial charge >= 0.3 is 0 Å². The normalized spacial score (nSPS) is 12.2. The Morgan fingerprint density at radius 2 is 2.38 bits per heavy atom. The van der Waals surface area contributed by atoms with E-state index >= 15 is 0 Å². The van der Waals surface area contributed by atoms with Gasteiger partial charge in [0.15, 0.2) is 0 Å². The average molecular weight is 197 g/mol. The standard InChI is InChI=1S/C10H15NOS/c1-8(2)7-11-10(12-3)9-5-4-6-13-9/h4-6,8H,7H2,1-3H3. The van der Waals surface area contributed by atoms with Crippen LogP contribution in [0.1, 0.15) is 18.7 Å². The molecule has 1 heterocycles. The Balaban J connectivity index is 2.68. The van der Waals surface area contributed by atoms with Crippen LogP contribution in [0.5, 0.6) is 0 Å². The van der Waals surface area contributed by atoms with Gasteiger partial charge in [0, 0.05) is 6.54 Å². The molecule has 72 valence electrons. The van der Waals surface area contributed by atoms with Crippen molar-refractivity contribution in [1.82, 2.24) is 0 Å². The zero-order valence-electron chi connectivity index (χ0n) is 8.28. The summed E-state index contributed by atoms with van der Waals surface area (Å²) in [6.07, 6.45) is 0. The highest BCUT2D eigenvalue weighted by Crippen LogP contribution is 2.11. The minimum Gasteiger partial charge on any atom is -0.480 e. The number of aliphatic imine (C=N–C) groups is 1. The van der Waals surface area contributed by atoms with Gasteiger partial charge in [-0.05, 0) is 17.4 Å². The Hall–Kier alpha value is -0.830. The van der Waals surface area contributed by atoms with Crippen LogP contribution in [0.2, 0.25) is 0 Å². The summed E-state index contributed by atoms with van der Waals surface area (Å²) in [7, 11) is 1.67. The van der Waals surface area contributed by atoms with E-state index in [9.17, 15) is 0 Å². The maximum atomic E-state index is 5.21. The maximum Gasteiger partial charge on any atom is 0.226 e. The molecule has 0 bridgehead atoms. The molecule has 0 saturated heterocycles. The predicted molar refractivity (Wildman–Crippen MR) is 57.6 cm³/mol. The van der Waals surface area contributed by atoms with Gasteiger partial charge in [-0.2, -0.15) is 0 Å². The molecule has 0 atom stereocenters. The Bertz CT molecular complexity index is 264. The summed E-state index contributed by atoms with van der Waals surface area (Å²) in [4.78, 5) is 5.49. The second-order valence-electron chi connectivity index (χ2n) is 3.22. The van der Waals surface area contributed by atoms with Crippen molar-refractivity contribution >= 4 is 17.2 Å². The minimum atomic E-state index is 0.574. The fraction of sp³-hybridized carbons (Fsp3) is 0.500. The number of hydrogen-bond acceptors (Lipinski definition) is 3. The smallest absolute Gasteiger partial charge is 0.226 e. The van der Waals surface area contributed by atoms with Crippen molar-refractivity contribution in [3.8, 4) is 0 Å².